The van der Waals surface area contributed by atoms with Crippen molar-refractivity contribution < 1.29 is 19.1 Å². The van der Waals surface area contributed by atoms with Crippen LogP contribution in [-0.2, 0) is 14.3 Å². The number of carbonyl (C=O) groups is 3. The van der Waals surface area contributed by atoms with Gasteiger partial charge in [0.2, 0.25) is 0 Å². The number of hydrogen-bond acceptors (Lipinski definition) is 5. The molecule has 0 heterocycles. The molecule has 1 aromatic carbocycles. The number of rotatable bonds is 9. The lowest BCUT2D eigenvalue weighted by Crippen LogP contribution is -2.51. The number of Topliss-reactive ketones (excluding diaryl/α,β-unsaturated/α-hetero) is 1. The van der Waals surface area contributed by atoms with E-state index in [2.05, 4.69) is 5.32 Å². The number of carbonyl (C=O) groups excluding carboxylic acids is 3. The molecule has 4 bridgehead atoms. The highest BCUT2D eigenvalue weighted by Gasteiger charge is 2.54. The van der Waals surface area contributed by atoms with E-state index in [1.165, 1.54) is 19.3 Å². The third-order valence-electron chi connectivity index (χ3n) is 7.28. The molecule has 0 radical (unpaired) electrons. The Morgan fingerprint density at radius 2 is 1.68 bits per heavy atom. The molecule has 5 rings (SSSR count). The van der Waals surface area contributed by atoms with Gasteiger partial charge in [0, 0.05) is 16.0 Å². The average molecular weight is 464 g/mol. The first-order valence-corrected chi connectivity index (χ1v) is 12.9. The van der Waals surface area contributed by atoms with E-state index in [1.807, 2.05) is 6.26 Å². The van der Waals surface area contributed by atoms with Crippen LogP contribution < -0.4 is 5.32 Å². The lowest BCUT2D eigenvalue weighted by Gasteiger charge is -2.55. The Balaban J connectivity index is 1.35. The summed E-state index contributed by atoms with van der Waals surface area (Å²) in [4.78, 5) is 38.5. The molecule has 7 heteroatoms. The monoisotopic (exact) mass is 463 g/mol. The second-order valence-corrected chi connectivity index (χ2v) is 11.0. The van der Waals surface area contributed by atoms with Gasteiger partial charge in [-0.05, 0) is 99.0 Å². The zero-order valence-corrected chi connectivity index (χ0v) is 19.5. The molecular formula is C24H30ClNO4S. The first kappa shape index (κ1) is 22.7. The largest absolute Gasteiger partial charge is 0.456 e. The third-order valence-corrected chi connectivity index (χ3v) is 8.18. The van der Waals surface area contributed by atoms with E-state index >= 15 is 0 Å². The van der Waals surface area contributed by atoms with Crippen LogP contribution in [0.2, 0.25) is 5.02 Å². The van der Waals surface area contributed by atoms with Crippen molar-refractivity contribution in [2.45, 2.75) is 51.0 Å². The number of ketones is 1. The molecule has 31 heavy (non-hydrogen) atoms. The van der Waals surface area contributed by atoms with Crippen LogP contribution in [0.3, 0.4) is 0 Å². The SMILES string of the molecule is CSCC[C@@H](NC(=O)c1ccc(Cl)cc1)C(=O)OCC(=O)C12CC3CC(CC(C3)C1)C2. The quantitative estimate of drug-likeness (QED) is 0.545. The van der Waals surface area contributed by atoms with Crippen LogP contribution in [0.25, 0.3) is 0 Å². The zero-order valence-electron chi connectivity index (χ0n) is 17.9. The standard InChI is InChI=1S/C24H30ClNO4S/c1-31-7-6-20(26-22(28)18-2-4-19(25)5-3-18)23(29)30-14-21(27)24-11-15-8-16(12-24)10-17(9-15)13-24/h2-5,15-17,20H,6-14H2,1H3,(H,26,28)/t15?,16?,17?,20-,24?/m1/s1. The molecule has 4 fully saturated rings. The van der Waals surface area contributed by atoms with Crippen LogP contribution in [0.4, 0.5) is 0 Å². The molecule has 1 amide bonds. The Labute approximate surface area is 193 Å². The Kier molecular flexibility index (Phi) is 6.97. The second-order valence-electron chi connectivity index (χ2n) is 9.54. The molecule has 0 unspecified atom stereocenters. The van der Waals surface area contributed by atoms with Gasteiger partial charge in [0.15, 0.2) is 12.4 Å². The van der Waals surface area contributed by atoms with Crippen molar-refractivity contribution in [3.05, 3.63) is 34.9 Å². The molecule has 0 aliphatic heterocycles. The van der Waals surface area contributed by atoms with Gasteiger partial charge in [-0.15, -0.1) is 0 Å². The summed E-state index contributed by atoms with van der Waals surface area (Å²) in [6.07, 6.45) is 9.06. The smallest absolute Gasteiger partial charge is 0.329 e. The normalized spacial score (nSPS) is 29.4. The Bertz CT molecular complexity index is 805. The highest BCUT2D eigenvalue weighted by Crippen LogP contribution is 2.60. The van der Waals surface area contributed by atoms with Gasteiger partial charge < -0.3 is 10.1 Å². The lowest BCUT2D eigenvalue weighted by molar-refractivity contribution is -0.158. The number of nitrogens with one attached hydrogen (secondary N) is 1. The minimum absolute atomic E-state index is 0.0765. The molecule has 4 saturated carbocycles. The van der Waals surface area contributed by atoms with Crippen molar-refractivity contribution in [1.29, 1.82) is 0 Å². The van der Waals surface area contributed by atoms with Gasteiger partial charge in [-0.25, -0.2) is 4.79 Å². The Hall–Kier alpha value is -1.53. The van der Waals surface area contributed by atoms with Crippen molar-refractivity contribution in [2.75, 3.05) is 18.6 Å². The summed E-state index contributed by atoms with van der Waals surface area (Å²) in [6.45, 7) is -0.183. The van der Waals surface area contributed by atoms with Crippen LogP contribution in [0.15, 0.2) is 24.3 Å². The van der Waals surface area contributed by atoms with Crippen LogP contribution in [0, 0.1) is 23.2 Å². The number of benzene rings is 1. The summed E-state index contributed by atoms with van der Waals surface area (Å²) in [5.41, 5.74) is 0.145. The average Bonchev–Trinajstić information content (AvgIpc) is 2.74. The van der Waals surface area contributed by atoms with Crippen molar-refractivity contribution >= 4 is 41.0 Å². The van der Waals surface area contributed by atoms with Gasteiger partial charge in [-0.2, -0.15) is 11.8 Å². The second kappa shape index (κ2) is 9.53. The van der Waals surface area contributed by atoms with Crippen molar-refractivity contribution in [3.8, 4) is 0 Å². The summed E-state index contributed by atoms with van der Waals surface area (Å²) >= 11 is 7.48. The fourth-order valence-electron chi connectivity index (χ4n) is 6.17. The van der Waals surface area contributed by atoms with E-state index in [0.29, 0.717) is 40.5 Å². The summed E-state index contributed by atoms with van der Waals surface area (Å²) < 4.78 is 5.47. The fraction of sp³-hybridized carbons (Fsp3) is 0.625. The van der Waals surface area contributed by atoms with E-state index in [9.17, 15) is 14.4 Å². The molecule has 1 aromatic rings. The van der Waals surface area contributed by atoms with Crippen molar-refractivity contribution in [1.82, 2.24) is 5.32 Å². The van der Waals surface area contributed by atoms with Crippen molar-refractivity contribution in [3.63, 3.8) is 0 Å². The van der Waals surface area contributed by atoms with E-state index in [4.69, 9.17) is 16.3 Å². The fourth-order valence-corrected chi connectivity index (χ4v) is 6.77. The molecule has 4 aliphatic rings. The summed E-state index contributed by atoms with van der Waals surface area (Å²) in [5.74, 6) is 1.88. The van der Waals surface area contributed by atoms with Crippen LogP contribution in [-0.4, -0.2) is 42.3 Å². The van der Waals surface area contributed by atoms with Crippen LogP contribution in [0.5, 0.6) is 0 Å². The predicted molar refractivity (Wildman–Crippen MR) is 122 cm³/mol. The van der Waals surface area contributed by atoms with E-state index in [-0.39, 0.29) is 23.7 Å². The molecule has 168 valence electrons. The van der Waals surface area contributed by atoms with E-state index < -0.39 is 12.0 Å². The van der Waals surface area contributed by atoms with Gasteiger partial charge in [-0.1, -0.05) is 11.6 Å². The third kappa shape index (κ3) is 5.11. The molecule has 0 saturated heterocycles. The van der Waals surface area contributed by atoms with Gasteiger partial charge in [0.1, 0.15) is 6.04 Å². The zero-order chi connectivity index (χ0) is 22.0. The molecule has 0 spiro atoms. The first-order valence-electron chi connectivity index (χ1n) is 11.1. The summed E-state index contributed by atoms with van der Waals surface area (Å²) in [6, 6.07) is 5.72. The van der Waals surface area contributed by atoms with Gasteiger partial charge in [0.05, 0.1) is 0 Å². The maximum absolute atomic E-state index is 13.1. The maximum Gasteiger partial charge on any atom is 0.329 e. The van der Waals surface area contributed by atoms with Gasteiger partial charge in [0.25, 0.3) is 5.91 Å². The minimum atomic E-state index is -0.778. The molecule has 1 atom stereocenters. The van der Waals surface area contributed by atoms with E-state index in [1.54, 1.807) is 36.0 Å². The molecular weight excluding hydrogens is 434 g/mol. The molecule has 4 aliphatic carbocycles. The van der Waals surface area contributed by atoms with Gasteiger partial charge >= 0.3 is 5.97 Å². The van der Waals surface area contributed by atoms with Crippen LogP contribution >= 0.6 is 23.4 Å². The Morgan fingerprint density at radius 3 is 2.23 bits per heavy atom. The van der Waals surface area contributed by atoms with Gasteiger partial charge in [-0.3, -0.25) is 9.59 Å². The molecule has 1 N–H and O–H groups in total. The highest BCUT2D eigenvalue weighted by atomic mass is 35.5. The summed E-state index contributed by atoms with van der Waals surface area (Å²) in [7, 11) is 0. The number of thioether (sulfide) groups is 1. The van der Waals surface area contributed by atoms with E-state index in [0.717, 1.165) is 19.3 Å². The number of ether oxygens (including phenoxy) is 1. The number of amides is 1. The lowest BCUT2D eigenvalue weighted by atomic mass is 9.48. The Morgan fingerprint density at radius 1 is 1.10 bits per heavy atom. The number of esters is 1. The topological polar surface area (TPSA) is 72.5 Å². The summed E-state index contributed by atoms with van der Waals surface area (Å²) in [5, 5.41) is 3.31. The number of halogens is 1. The first-order chi connectivity index (χ1) is 14.9. The minimum Gasteiger partial charge on any atom is -0.456 e. The molecule has 5 nitrogen and oxygen atoms in total. The predicted octanol–water partition coefficient (Wildman–Crippen LogP) is 4.52. The van der Waals surface area contributed by atoms with Crippen LogP contribution in [0.1, 0.15) is 55.3 Å². The van der Waals surface area contributed by atoms with Crippen molar-refractivity contribution in [2.24, 2.45) is 23.2 Å². The number of hydrogen-bond donors (Lipinski definition) is 1. The molecule has 0 aromatic heterocycles. The highest BCUT2D eigenvalue weighted by molar-refractivity contribution is 7.98. The maximum atomic E-state index is 13.1.